The summed E-state index contributed by atoms with van der Waals surface area (Å²) in [5, 5.41) is 12.2. The number of benzene rings is 1. The first-order valence-electron chi connectivity index (χ1n) is 7.31. The van der Waals surface area contributed by atoms with Gasteiger partial charge in [-0.1, -0.05) is 24.9 Å². The molecule has 0 amide bonds. The Labute approximate surface area is 115 Å². The molecule has 1 aliphatic carbocycles. The van der Waals surface area contributed by atoms with Crippen LogP contribution in [0.5, 0.6) is 5.75 Å². The zero-order valence-corrected chi connectivity index (χ0v) is 11.6. The molecule has 1 N–H and O–H groups in total. The van der Waals surface area contributed by atoms with Gasteiger partial charge in [-0.3, -0.25) is 0 Å². The van der Waals surface area contributed by atoms with Crippen molar-refractivity contribution in [3.63, 3.8) is 0 Å². The molecule has 1 fully saturated rings. The molecule has 0 saturated heterocycles. The summed E-state index contributed by atoms with van der Waals surface area (Å²) in [6, 6.07) is 7.87. The van der Waals surface area contributed by atoms with E-state index in [0.29, 0.717) is 11.8 Å². The first-order valence-corrected chi connectivity index (χ1v) is 7.31. The molecular formula is C16H23NO2. The van der Waals surface area contributed by atoms with Gasteiger partial charge in [0, 0.05) is 0 Å². The predicted molar refractivity (Wildman–Crippen MR) is 77.2 cm³/mol. The highest BCUT2D eigenvalue weighted by Gasteiger charge is 2.13. The lowest BCUT2D eigenvalue weighted by Gasteiger charge is -2.17. The van der Waals surface area contributed by atoms with Crippen molar-refractivity contribution in [2.75, 3.05) is 0 Å². The Bertz CT molecular complexity index is 403. The summed E-state index contributed by atoms with van der Waals surface area (Å²) in [5.41, 5.74) is 1.67. The fourth-order valence-electron chi connectivity index (χ4n) is 2.61. The molecule has 2 rings (SSSR count). The number of nitrogens with zero attached hydrogens (tertiary/aromatic N) is 1. The second-order valence-corrected chi connectivity index (χ2v) is 5.16. The Hall–Kier alpha value is -1.51. The Kier molecular flexibility index (Phi) is 5.25. The Morgan fingerprint density at radius 2 is 1.79 bits per heavy atom. The van der Waals surface area contributed by atoms with Crippen LogP contribution in [0.15, 0.2) is 29.4 Å². The molecule has 104 valence electrons. The molecule has 3 nitrogen and oxygen atoms in total. The summed E-state index contributed by atoms with van der Waals surface area (Å²) in [7, 11) is 0. The summed E-state index contributed by atoms with van der Waals surface area (Å²) < 4.78 is 6.03. The maximum absolute atomic E-state index is 8.90. The van der Waals surface area contributed by atoms with Crippen molar-refractivity contribution in [2.45, 2.75) is 58.0 Å². The van der Waals surface area contributed by atoms with Crippen LogP contribution in [0.2, 0.25) is 0 Å². The van der Waals surface area contributed by atoms with Gasteiger partial charge < -0.3 is 9.94 Å². The quantitative estimate of drug-likeness (QED) is 0.378. The molecule has 0 spiro atoms. The van der Waals surface area contributed by atoms with Crippen LogP contribution in [0.1, 0.15) is 57.4 Å². The molecule has 0 aliphatic heterocycles. The minimum atomic E-state index is 0.366. The summed E-state index contributed by atoms with van der Waals surface area (Å²) in [6.45, 7) is 1.98. The second-order valence-electron chi connectivity index (χ2n) is 5.16. The third-order valence-corrected chi connectivity index (χ3v) is 3.75. The van der Waals surface area contributed by atoms with Gasteiger partial charge in [0.05, 0.1) is 11.8 Å². The van der Waals surface area contributed by atoms with E-state index in [-0.39, 0.29) is 0 Å². The van der Waals surface area contributed by atoms with E-state index in [0.717, 1.165) is 17.7 Å². The van der Waals surface area contributed by atoms with Crippen LogP contribution < -0.4 is 4.74 Å². The van der Waals surface area contributed by atoms with Gasteiger partial charge >= 0.3 is 0 Å². The molecular weight excluding hydrogens is 238 g/mol. The van der Waals surface area contributed by atoms with Gasteiger partial charge in [-0.15, -0.1) is 0 Å². The number of oxime groups is 1. The average molecular weight is 261 g/mol. The molecule has 0 radical (unpaired) electrons. The third kappa shape index (κ3) is 3.98. The van der Waals surface area contributed by atoms with Crippen LogP contribution in [0, 0.1) is 0 Å². The van der Waals surface area contributed by atoms with E-state index in [1.165, 1.54) is 38.5 Å². The Morgan fingerprint density at radius 1 is 1.16 bits per heavy atom. The van der Waals surface area contributed by atoms with Crippen LogP contribution >= 0.6 is 0 Å². The fourth-order valence-corrected chi connectivity index (χ4v) is 2.61. The first-order chi connectivity index (χ1) is 9.33. The van der Waals surface area contributed by atoms with Crippen LogP contribution in [-0.2, 0) is 0 Å². The van der Waals surface area contributed by atoms with Gasteiger partial charge in [-0.05, 0) is 61.9 Å². The third-order valence-electron chi connectivity index (χ3n) is 3.75. The molecule has 1 aromatic rings. The molecule has 0 bridgehead atoms. The van der Waals surface area contributed by atoms with Gasteiger partial charge in [0.15, 0.2) is 0 Å². The maximum atomic E-state index is 8.90. The van der Waals surface area contributed by atoms with Crippen molar-refractivity contribution < 1.29 is 9.94 Å². The number of ether oxygens (including phenoxy) is 1. The maximum Gasteiger partial charge on any atom is 0.119 e. The smallest absolute Gasteiger partial charge is 0.119 e. The zero-order valence-electron chi connectivity index (χ0n) is 11.6. The van der Waals surface area contributed by atoms with E-state index in [1.807, 2.05) is 31.2 Å². The fraction of sp³-hybridized carbons (Fsp3) is 0.562. The highest BCUT2D eigenvalue weighted by atomic mass is 16.5. The van der Waals surface area contributed by atoms with E-state index in [4.69, 9.17) is 9.94 Å². The standard InChI is InChI=1S/C16H23NO2/c1-2-16(17-18)13-9-11-15(12-10-13)19-14-7-5-3-4-6-8-14/h9-12,14,18H,2-8H2,1H3/b17-16-. The number of hydrogen-bond acceptors (Lipinski definition) is 3. The van der Waals surface area contributed by atoms with Gasteiger partial charge in [0.1, 0.15) is 5.75 Å². The average Bonchev–Trinajstić information content (AvgIpc) is 2.71. The molecule has 1 saturated carbocycles. The minimum Gasteiger partial charge on any atom is -0.490 e. The van der Waals surface area contributed by atoms with Gasteiger partial charge in [0.2, 0.25) is 0 Å². The van der Waals surface area contributed by atoms with Gasteiger partial charge in [0.25, 0.3) is 0 Å². The summed E-state index contributed by atoms with van der Waals surface area (Å²) in [6.07, 6.45) is 8.65. The lowest BCUT2D eigenvalue weighted by atomic mass is 10.1. The van der Waals surface area contributed by atoms with Crippen molar-refractivity contribution in [3.05, 3.63) is 29.8 Å². The van der Waals surface area contributed by atoms with Gasteiger partial charge in [-0.25, -0.2) is 0 Å². The topological polar surface area (TPSA) is 41.8 Å². The van der Waals surface area contributed by atoms with E-state index in [1.54, 1.807) is 0 Å². The first kappa shape index (κ1) is 13.9. The van der Waals surface area contributed by atoms with Crippen LogP contribution in [0.25, 0.3) is 0 Å². The Balaban J connectivity index is 1.98. The van der Waals surface area contributed by atoms with E-state index >= 15 is 0 Å². The highest BCUT2D eigenvalue weighted by Crippen LogP contribution is 2.23. The van der Waals surface area contributed by atoms with Crippen molar-refractivity contribution in [2.24, 2.45) is 5.16 Å². The number of rotatable bonds is 4. The molecule has 0 heterocycles. The zero-order chi connectivity index (χ0) is 13.5. The normalized spacial score (nSPS) is 18.1. The van der Waals surface area contributed by atoms with Crippen molar-refractivity contribution in [3.8, 4) is 5.75 Å². The lowest BCUT2D eigenvalue weighted by Crippen LogP contribution is -2.15. The monoisotopic (exact) mass is 261 g/mol. The van der Waals surface area contributed by atoms with E-state index < -0.39 is 0 Å². The molecule has 0 atom stereocenters. The summed E-state index contributed by atoms with van der Waals surface area (Å²) in [4.78, 5) is 0. The van der Waals surface area contributed by atoms with Crippen LogP contribution in [-0.4, -0.2) is 17.0 Å². The molecule has 3 heteroatoms. The molecule has 0 aromatic heterocycles. The summed E-state index contributed by atoms with van der Waals surface area (Å²) in [5.74, 6) is 0.920. The molecule has 19 heavy (non-hydrogen) atoms. The SMILES string of the molecule is CC/C(=N/O)c1ccc(OC2CCCCCC2)cc1. The largest absolute Gasteiger partial charge is 0.490 e. The predicted octanol–water partition coefficient (Wildman–Crippen LogP) is 4.38. The van der Waals surface area contributed by atoms with Crippen molar-refractivity contribution in [1.82, 2.24) is 0 Å². The van der Waals surface area contributed by atoms with E-state index in [2.05, 4.69) is 5.16 Å². The summed E-state index contributed by atoms with van der Waals surface area (Å²) >= 11 is 0. The van der Waals surface area contributed by atoms with E-state index in [9.17, 15) is 0 Å². The van der Waals surface area contributed by atoms with Gasteiger partial charge in [-0.2, -0.15) is 0 Å². The molecule has 1 aromatic carbocycles. The number of hydrogen-bond donors (Lipinski definition) is 1. The van der Waals surface area contributed by atoms with Crippen molar-refractivity contribution >= 4 is 5.71 Å². The Morgan fingerprint density at radius 3 is 2.32 bits per heavy atom. The molecule has 0 unspecified atom stereocenters. The van der Waals surface area contributed by atoms with Crippen LogP contribution in [0.4, 0.5) is 0 Å². The lowest BCUT2D eigenvalue weighted by molar-refractivity contribution is 0.184. The van der Waals surface area contributed by atoms with Crippen molar-refractivity contribution in [1.29, 1.82) is 0 Å². The van der Waals surface area contributed by atoms with Crippen LogP contribution in [0.3, 0.4) is 0 Å². The molecule has 1 aliphatic rings. The highest BCUT2D eigenvalue weighted by molar-refractivity contribution is 6.00. The minimum absolute atomic E-state index is 0.366. The second kappa shape index (κ2) is 7.17.